The van der Waals surface area contributed by atoms with Crippen molar-refractivity contribution in [3.63, 3.8) is 0 Å². The van der Waals surface area contributed by atoms with E-state index in [0.717, 1.165) is 36.7 Å². The molecule has 4 N–H and O–H groups in total. The molecule has 2 aromatic carbocycles. The smallest absolute Gasteiger partial charge is 0.269 e. The van der Waals surface area contributed by atoms with E-state index in [-0.39, 0.29) is 12.1 Å². The summed E-state index contributed by atoms with van der Waals surface area (Å²) in [5.41, 5.74) is 7.51. The second-order valence-corrected chi connectivity index (χ2v) is 9.14. The number of methoxy groups -OCH3 is 1. The fourth-order valence-electron chi connectivity index (χ4n) is 2.81. The second-order valence-electron chi connectivity index (χ2n) is 6.58. The molecular weight excluding hydrogens is 598 g/mol. The van der Waals surface area contributed by atoms with Gasteiger partial charge in [-0.1, -0.05) is 11.2 Å². The molecule has 7 nitrogen and oxygen atoms in total. The molecule has 0 aliphatic carbocycles. The fourth-order valence-corrected chi connectivity index (χ4v) is 4.95. The Balaban J connectivity index is 1.81. The van der Waals surface area contributed by atoms with Crippen molar-refractivity contribution < 1.29 is 19.5 Å². The van der Waals surface area contributed by atoms with Crippen LogP contribution in [0.4, 0.5) is 0 Å². The molecule has 1 amide bonds. The van der Waals surface area contributed by atoms with Gasteiger partial charge in [-0.25, -0.2) is 0 Å². The van der Waals surface area contributed by atoms with Gasteiger partial charge in [0.2, 0.25) is 0 Å². The molecule has 0 fully saturated rings. The van der Waals surface area contributed by atoms with Crippen LogP contribution in [-0.2, 0) is 17.6 Å². The number of nitrogens with two attached hydrogens (primary N) is 1. The van der Waals surface area contributed by atoms with Crippen LogP contribution in [0.25, 0.3) is 0 Å². The van der Waals surface area contributed by atoms with Gasteiger partial charge in [-0.05, 0) is 103 Å². The van der Waals surface area contributed by atoms with Crippen LogP contribution in [-0.4, -0.2) is 43.6 Å². The van der Waals surface area contributed by atoms with Crippen molar-refractivity contribution in [1.29, 1.82) is 0 Å². The number of ether oxygens (including phenoxy) is 2. The van der Waals surface area contributed by atoms with Gasteiger partial charge in [-0.3, -0.25) is 4.79 Å². The quantitative estimate of drug-likeness (QED) is 0.149. The zero-order valence-corrected chi connectivity index (χ0v) is 21.7. The number of rotatable bonds is 11. The van der Waals surface area contributed by atoms with Crippen molar-refractivity contribution in [2.45, 2.75) is 19.3 Å². The Morgan fingerprint density at radius 3 is 2.39 bits per heavy atom. The van der Waals surface area contributed by atoms with E-state index in [1.165, 1.54) is 0 Å². The number of nitrogens with one attached hydrogen (secondary N) is 1. The van der Waals surface area contributed by atoms with E-state index in [2.05, 4.69) is 58.3 Å². The first kappa shape index (κ1) is 25.6. The zero-order valence-electron chi connectivity index (χ0n) is 17.0. The summed E-state index contributed by atoms with van der Waals surface area (Å²) in [5, 5.41) is 15.2. The first-order valence-corrected chi connectivity index (χ1v) is 11.9. The van der Waals surface area contributed by atoms with Gasteiger partial charge < -0.3 is 25.7 Å². The van der Waals surface area contributed by atoms with Crippen molar-refractivity contribution in [1.82, 2.24) is 5.32 Å². The summed E-state index contributed by atoms with van der Waals surface area (Å²) in [6, 6.07) is 9.49. The maximum absolute atomic E-state index is 12.3. The molecule has 10 heteroatoms. The Bertz CT molecular complexity index is 915. The van der Waals surface area contributed by atoms with Crippen molar-refractivity contribution in [2.75, 3.05) is 26.8 Å². The number of amides is 1. The predicted octanol–water partition coefficient (Wildman–Crippen LogP) is 4.44. The van der Waals surface area contributed by atoms with Gasteiger partial charge in [-0.2, -0.15) is 0 Å². The number of halogens is 3. The molecule has 2 aromatic rings. The minimum atomic E-state index is -0.433. The van der Waals surface area contributed by atoms with Gasteiger partial charge in [0.1, 0.15) is 17.2 Å². The summed E-state index contributed by atoms with van der Waals surface area (Å²) in [4.78, 5) is 12.3. The lowest BCUT2D eigenvalue weighted by atomic mass is 10.1. The number of oxime groups is 1. The average molecular weight is 622 g/mol. The molecule has 2 rings (SSSR count). The van der Waals surface area contributed by atoms with Gasteiger partial charge in [0.05, 0.1) is 27.1 Å². The highest BCUT2D eigenvalue weighted by Gasteiger charge is 2.15. The lowest BCUT2D eigenvalue weighted by Crippen LogP contribution is -2.33. The monoisotopic (exact) mass is 619 g/mol. The molecule has 0 aliphatic heterocycles. The normalized spacial score (nSPS) is 11.3. The molecule has 0 saturated carbocycles. The van der Waals surface area contributed by atoms with Crippen LogP contribution in [0, 0.1) is 0 Å². The molecule has 0 heterocycles. The third kappa shape index (κ3) is 7.78. The Hall–Kier alpha value is -1.62. The number of carbonyl (C=O) groups is 1. The highest BCUT2D eigenvalue weighted by molar-refractivity contribution is 9.11. The first-order valence-electron chi connectivity index (χ1n) is 9.52. The van der Waals surface area contributed by atoms with Crippen LogP contribution in [0.1, 0.15) is 17.5 Å². The van der Waals surface area contributed by atoms with Crippen molar-refractivity contribution in [2.24, 2.45) is 10.9 Å². The fraction of sp³-hybridized carbons (Fsp3) is 0.333. The van der Waals surface area contributed by atoms with E-state index in [1.54, 1.807) is 7.11 Å². The summed E-state index contributed by atoms with van der Waals surface area (Å²) in [6.07, 6.45) is 1.58. The van der Waals surface area contributed by atoms with E-state index in [9.17, 15) is 10.0 Å². The van der Waals surface area contributed by atoms with Crippen molar-refractivity contribution in [3.05, 3.63) is 54.9 Å². The Morgan fingerprint density at radius 2 is 1.81 bits per heavy atom. The van der Waals surface area contributed by atoms with Gasteiger partial charge in [0.25, 0.3) is 5.91 Å². The van der Waals surface area contributed by atoms with Crippen LogP contribution in [0.5, 0.6) is 11.5 Å². The number of carbonyl (C=O) groups excluding carboxylic acids is 1. The summed E-state index contributed by atoms with van der Waals surface area (Å²) < 4.78 is 13.4. The standard InChI is InChI=1S/C21H24Br3N3O4/c1-30-20-16(23)10-14(11-17(20)24)12-18(27-29)21(28)26-7-2-8-31-19-4-3-13(5-6-25)9-15(19)22/h3-4,9-11,29H,2,5-8,12,25H2,1H3,(H,26,28)/b27-18+. The molecule has 0 radical (unpaired) electrons. The van der Waals surface area contributed by atoms with E-state index in [1.807, 2.05) is 30.3 Å². The van der Waals surface area contributed by atoms with Crippen LogP contribution >= 0.6 is 47.8 Å². The molecule has 0 spiro atoms. The van der Waals surface area contributed by atoms with Gasteiger partial charge in [0.15, 0.2) is 0 Å². The highest BCUT2D eigenvalue weighted by atomic mass is 79.9. The second kappa shape index (κ2) is 13.0. The third-order valence-electron chi connectivity index (χ3n) is 4.31. The minimum absolute atomic E-state index is 0.0168. The molecule has 0 atom stereocenters. The number of nitrogens with zero attached hydrogens (tertiary/aromatic N) is 1. The molecule has 0 bridgehead atoms. The van der Waals surface area contributed by atoms with E-state index >= 15 is 0 Å². The highest BCUT2D eigenvalue weighted by Crippen LogP contribution is 2.34. The topological polar surface area (TPSA) is 106 Å². The largest absolute Gasteiger partial charge is 0.494 e. The number of benzene rings is 2. The maximum Gasteiger partial charge on any atom is 0.269 e. The van der Waals surface area contributed by atoms with Crippen LogP contribution in [0.15, 0.2) is 48.9 Å². The summed E-state index contributed by atoms with van der Waals surface area (Å²) in [6.45, 7) is 1.41. The van der Waals surface area contributed by atoms with Crippen LogP contribution < -0.4 is 20.5 Å². The third-order valence-corrected chi connectivity index (χ3v) is 6.11. The van der Waals surface area contributed by atoms with Gasteiger partial charge >= 0.3 is 0 Å². The molecule has 168 valence electrons. The van der Waals surface area contributed by atoms with Gasteiger partial charge in [-0.15, -0.1) is 0 Å². The lowest BCUT2D eigenvalue weighted by Gasteiger charge is -2.11. The SMILES string of the molecule is COc1c(Br)cc(C/C(=N\O)C(=O)NCCCOc2ccc(CCN)cc2Br)cc1Br. The lowest BCUT2D eigenvalue weighted by molar-refractivity contribution is -0.115. The van der Waals surface area contributed by atoms with Crippen molar-refractivity contribution in [3.8, 4) is 11.5 Å². The Labute approximate surface area is 206 Å². The van der Waals surface area contributed by atoms with E-state index < -0.39 is 5.91 Å². The summed E-state index contributed by atoms with van der Waals surface area (Å²) >= 11 is 10.3. The summed E-state index contributed by atoms with van der Waals surface area (Å²) in [5.74, 6) is 0.953. The van der Waals surface area contributed by atoms with Crippen molar-refractivity contribution >= 4 is 59.4 Å². The minimum Gasteiger partial charge on any atom is -0.494 e. The van der Waals surface area contributed by atoms with E-state index in [0.29, 0.717) is 31.9 Å². The molecule has 0 saturated heterocycles. The number of hydrogen-bond acceptors (Lipinski definition) is 6. The average Bonchev–Trinajstić information content (AvgIpc) is 2.73. The van der Waals surface area contributed by atoms with Crippen LogP contribution in [0.2, 0.25) is 0 Å². The number of hydrogen-bond donors (Lipinski definition) is 3. The first-order chi connectivity index (χ1) is 14.9. The molecule has 0 unspecified atom stereocenters. The van der Waals surface area contributed by atoms with Gasteiger partial charge in [0, 0.05) is 13.0 Å². The maximum atomic E-state index is 12.3. The predicted molar refractivity (Wildman–Crippen MR) is 131 cm³/mol. The van der Waals surface area contributed by atoms with E-state index in [4.69, 9.17) is 15.2 Å². The van der Waals surface area contributed by atoms with Crippen LogP contribution in [0.3, 0.4) is 0 Å². The Morgan fingerprint density at radius 1 is 1.13 bits per heavy atom. The Kier molecular flexibility index (Phi) is 10.8. The molecule has 31 heavy (non-hydrogen) atoms. The molecule has 0 aromatic heterocycles. The molecule has 0 aliphatic rings. The molecular formula is C21H24Br3N3O4. The summed E-state index contributed by atoms with van der Waals surface area (Å²) in [7, 11) is 1.57. The zero-order chi connectivity index (χ0) is 22.8.